The Bertz CT molecular complexity index is 1210. The summed E-state index contributed by atoms with van der Waals surface area (Å²) in [7, 11) is 1.77. The van der Waals surface area contributed by atoms with Crippen LogP contribution in [-0.4, -0.2) is 32.8 Å². The summed E-state index contributed by atoms with van der Waals surface area (Å²) in [5.41, 5.74) is 3.52. The average molecular weight is 372 g/mol. The van der Waals surface area contributed by atoms with Crippen LogP contribution in [0.25, 0.3) is 21.9 Å². The number of carbonyl (C=O) groups excluding carboxylic acids is 1. The van der Waals surface area contributed by atoms with Crippen molar-refractivity contribution in [3.63, 3.8) is 0 Å². The van der Waals surface area contributed by atoms with Gasteiger partial charge in [-0.05, 0) is 29.8 Å². The van der Waals surface area contributed by atoms with E-state index in [1.54, 1.807) is 18.1 Å². The van der Waals surface area contributed by atoms with Crippen LogP contribution < -0.4 is 5.56 Å². The van der Waals surface area contributed by atoms with Gasteiger partial charge in [0.2, 0.25) is 5.91 Å². The highest BCUT2D eigenvalue weighted by Gasteiger charge is 2.13. The fourth-order valence-electron chi connectivity index (χ4n) is 3.30. The van der Waals surface area contributed by atoms with Crippen LogP contribution in [0.3, 0.4) is 0 Å². The lowest BCUT2D eigenvalue weighted by Crippen LogP contribution is -2.27. The average Bonchev–Trinajstić information content (AvgIpc) is 2.72. The molecule has 140 valence electrons. The largest absolute Gasteiger partial charge is 0.341 e. The van der Waals surface area contributed by atoms with Crippen molar-refractivity contribution in [2.45, 2.75) is 19.4 Å². The summed E-state index contributed by atoms with van der Waals surface area (Å²) >= 11 is 0. The molecule has 1 amide bonds. The molecule has 0 aliphatic heterocycles. The zero-order valence-electron chi connectivity index (χ0n) is 15.6. The number of hydrogen-bond acceptors (Lipinski definition) is 4. The van der Waals surface area contributed by atoms with Crippen LogP contribution in [-0.2, 0) is 17.8 Å². The Hall–Kier alpha value is -3.54. The lowest BCUT2D eigenvalue weighted by Gasteiger charge is -2.18. The molecule has 4 rings (SSSR count). The molecule has 0 aliphatic rings. The summed E-state index contributed by atoms with van der Waals surface area (Å²) in [4.78, 5) is 38.1. The number of pyridine rings is 1. The zero-order valence-corrected chi connectivity index (χ0v) is 15.6. The summed E-state index contributed by atoms with van der Waals surface area (Å²) in [5, 5.41) is 1.04. The van der Waals surface area contributed by atoms with Crippen molar-refractivity contribution in [1.29, 1.82) is 0 Å². The number of H-pyrrole nitrogens is 1. The summed E-state index contributed by atoms with van der Waals surface area (Å²) in [6.45, 7) is 0.489. The minimum atomic E-state index is -0.241. The first-order valence-corrected chi connectivity index (χ1v) is 9.16. The van der Waals surface area contributed by atoms with Crippen LogP contribution in [0.2, 0.25) is 0 Å². The van der Waals surface area contributed by atoms with Gasteiger partial charge in [-0.2, -0.15) is 0 Å². The molecule has 0 saturated carbocycles. The molecule has 4 aromatic rings. The number of amides is 1. The summed E-state index contributed by atoms with van der Waals surface area (Å²) < 4.78 is 0. The van der Waals surface area contributed by atoms with Gasteiger partial charge < -0.3 is 9.88 Å². The van der Waals surface area contributed by atoms with Crippen LogP contribution in [0.15, 0.2) is 65.6 Å². The lowest BCUT2D eigenvalue weighted by atomic mass is 10.1. The van der Waals surface area contributed by atoms with Crippen molar-refractivity contribution < 1.29 is 4.79 Å². The van der Waals surface area contributed by atoms with Crippen molar-refractivity contribution in [3.8, 4) is 0 Å². The van der Waals surface area contributed by atoms with E-state index in [0.29, 0.717) is 24.2 Å². The van der Waals surface area contributed by atoms with Crippen molar-refractivity contribution in [2.24, 2.45) is 0 Å². The fraction of sp³-hybridized carbons (Fsp3) is 0.182. The summed E-state index contributed by atoms with van der Waals surface area (Å²) in [6.07, 6.45) is 2.30. The van der Waals surface area contributed by atoms with Gasteiger partial charge >= 0.3 is 0 Å². The second-order valence-electron chi connectivity index (χ2n) is 6.77. The monoisotopic (exact) mass is 372 g/mol. The van der Waals surface area contributed by atoms with Crippen LogP contribution in [0.5, 0.6) is 0 Å². The molecule has 0 radical (unpaired) electrons. The highest BCUT2D eigenvalue weighted by atomic mass is 16.2. The van der Waals surface area contributed by atoms with E-state index >= 15 is 0 Å². The summed E-state index contributed by atoms with van der Waals surface area (Å²) in [6, 6.07) is 17.2. The number of hydrogen-bond donors (Lipinski definition) is 1. The smallest absolute Gasteiger partial charge is 0.270 e. The Morgan fingerprint density at radius 2 is 1.86 bits per heavy atom. The summed E-state index contributed by atoms with van der Waals surface area (Å²) in [5.74, 6) is -0.0322. The molecular weight excluding hydrogens is 352 g/mol. The van der Waals surface area contributed by atoms with Crippen molar-refractivity contribution in [1.82, 2.24) is 19.9 Å². The Labute approximate surface area is 161 Å². The third kappa shape index (κ3) is 3.62. The number of para-hydroxylation sites is 2. The topological polar surface area (TPSA) is 79.0 Å². The molecule has 1 N–H and O–H groups in total. The van der Waals surface area contributed by atoms with Gasteiger partial charge in [0.25, 0.3) is 5.56 Å². The van der Waals surface area contributed by atoms with Gasteiger partial charge in [-0.15, -0.1) is 0 Å². The number of aryl methyl sites for hydroxylation is 1. The molecular formula is C22H20N4O2. The first-order chi connectivity index (χ1) is 13.6. The number of carbonyl (C=O) groups is 1. The van der Waals surface area contributed by atoms with Crippen molar-refractivity contribution in [3.05, 3.63) is 82.4 Å². The maximum atomic E-state index is 12.6. The number of aromatic amines is 1. The van der Waals surface area contributed by atoms with Gasteiger partial charge in [-0.25, -0.2) is 4.98 Å². The molecule has 28 heavy (non-hydrogen) atoms. The fourth-order valence-corrected chi connectivity index (χ4v) is 3.30. The SMILES string of the molecule is CN(Cc1cccc2ncccc12)C(=O)CCc1nc2ccccc2[nH]c1=O. The van der Waals surface area contributed by atoms with Crippen LogP contribution in [0.1, 0.15) is 17.7 Å². The lowest BCUT2D eigenvalue weighted by molar-refractivity contribution is -0.130. The van der Waals surface area contributed by atoms with E-state index in [2.05, 4.69) is 15.0 Å². The third-order valence-electron chi connectivity index (χ3n) is 4.81. The standard InChI is InChI=1S/C22H20N4O2/c1-26(14-15-6-4-10-17-16(15)7-5-13-23-17)21(27)12-11-20-22(28)25-19-9-3-2-8-18(19)24-20/h2-10,13H,11-12,14H2,1H3,(H,25,28). The van der Waals surface area contributed by atoms with Gasteiger partial charge in [0.15, 0.2) is 0 Å². The highest BCUT2D eigenvalue weighted by molar-refractivity contribution is 5.83. The van der Waals surface area contributed by atoms with E-state index in [1.165, 1.54) is 0 Å². The first kappa shape index (κ1) is 17.9. The number of nitrogens with one attached hydrogen (secondary N) is 1. The molecule has 0 atom stereocenters. The quantitative estimate of drug-likeness (QED) is 0.584. The molecule has 2 heterocycles. The number of rotatable bonds is 5. The molecule has 0 unspecified atom stereocenters. The van der Waals surface area contributed by atoms with Gasteiger partial charge in [0, 0.05) is 38.0 Å². The predicted octanol–water partition coefficient (Wildman–Crippen LogP) is 3.06. The van der Waals surface area contributed by atoms with Gasteiger partial charge in [-0.3, -0.25) is 14.6 Å². The van der Waals surface area contributed by atoms with Gasteiger partial charge in [0.1, 0.15) is 5.69 Å². The number of nitrogens with zero attached hydrogens (tertiary/aromatic N) is 3. The molecule has 6 heteroatoms. The molecule has 6 nitrogen and oxygen atoms in total. The normalized spacial score (nSPS) is 11.0. The Balaban J connectivity index is 1.46. The molecule has 2 aromatic carbocycles. The van der Waals surface area contributed by atoms with E-state index in [0.717, 1.165) is 22.0 Å². The second-order valence-corrected chi connectivity index (χ2v) is 6.77. The van der Waals surface area contributed by atoms with Gasteiger partial charge in [0.05, 0.1) is 16.6 Å². The molecule has 2 aromatic heterocycles. The second kappa shape index (κ2) is 7.60. The first-order valence-electron chi connectivity index (χ1n) is 9.16. The predicted molar refractivity (Wildman–Crippen MR) is 109 cm³/mol. The molecule has 0 bridgehead atoms. The van der Waals surface area contributed by atoms with E-state index in [-0.39, 0.29) is 17.9 Å². The molecule has 0 fully saturated rings. The van der Waals surface area contributed by atoms with E-state index < -0.39 is 0 Å². The van der Waals surface area contributed by atoms with Crippen LogP contribution in [0.4, 0.5) is 0 Å². The van der Waals surface area contributed by atoms with E-state index in [4.69, 9.17) is 0 Å². The minimum absolute atomic E-state index is 0.0322. The van der Waals surface area contributed by atoms with Gasteiger partial charge in [-0.1, -0.05) is 30.3 Å². The van der Waals surface area contributed by atoms with Crippen molar-refractivity contribution >= 4 is 27.8 Å². The Morgan fingerprint density at radius 3 is 2.75 bits per heavy atom. The van der Waals surface area contributed by atoms with Crippen LogP contribution >= 0.6 is 0 Å². The Kier molecular flexibility index (Phi) is 4.85. The van der Waals surface area contributed by atoms with Crippen molar-refractivity contribution in [2.75, 3.05) is 7.05 Å². The molecule has 0 aliphatic carbocycles. The number of fused-ring (bicyclic) bond motifs is 2. The zero-order chi connectivity index (χ0) is 19.5. The highest BCUT2D eigenvalue weighted by Crippen LogP contribution is 2.18. The number of benzene rings is 2. The van der Waals surface area contributed by atoms with E-state index in [1.807, 2.05) is 54.6 Å². The van der Waals surface area contributed by atoms with E-state index in [9.17, 15) is 9.59 Å². The maximum absolute atomic E-state index is 12.6. The van der Waals surface area contributed by atoms with Crippen LogP contribution in [0, 0.1) is 0 Å². The maximum Gasteiger partial charge on any atom is 0.270 e. The Morgan fingerprint density at radius 1 is 1.04 bits per heavy atom. The third-order valence-corrected chi connectivity index (χ3v) is 4.81. The number of aromatic nitrogens is 3. The molecule has 0 saturated heterocycles. The minimum Gasteiger partial charge on any atom is -0.341 e. The molecule has 0 spiro atoms.